The molecule has 0 spiro atoms. The third-order valence-electron chi connectivity index (χ3n) is 5.74. The fraction of sp³-hybridized carbons (Fsp3) is 0.833. The minimum atomic E-state index is -0.802. The number of carbonyl (C=O) groups is 4. The zero-order valence-electron chi connectivity index (χ0n) is 21.8. The van der Waals surface area contributed by atoms with Crippen LogP contribution in [0.1, 0.15) is 52.4 Å². The van der Waals surface area contributed by atoms with Gasteiger partial charge in [-0.25, -0.2) is 0 Å². The Morgan fingerprint density at radius 3 is 0.919 bits per heavy atom. The topological polar surface area (TPSA) is 114 Å². The van der Waals surface area contributed by atoms with E-state index in [2.05, 4.69) is 50.5 Å². The van der Waals surface area contributed by atoms with E-state index in [1.54, 1.807) is 0 Å². The summed E-state index contributed by atoms with van der Waals surface area (Å²) in [4.78, 5) is 48.0. The molecule has 9 nitrogen and oxygen atoms in total. The molecule has 0 aromatic carbocycles. The predicted molar refractivity (Wildman–Crippen MR) is 154 cm³/mol. The molecule has 0 aliphatic rings. The number of hydrogen-bond acceptors (Lipinski definition) is 13. The lowest BCUT2D eigenvalue weighted by molar-refractivity contribution is -0.162. The van der Waals surface area contributed by atoms with Gasteiger partial charge in [0.1, 0.15) is 26.4 Å². The van der Waals surface area contributed by atoms with E-state index in [1.165, 1.54) is 0 Å². The molecule has 13 heteroatoms. The molecule has 0 amide bonds. The fourth-order valence-electron chi connectivity index (χ4n) is 2.93. The Bertz CT molecular complexity index is 591. The van der Waals surface area contributed by atoms with Gasteiger partial charge in [-0.2, -0.15) is 50.5 Å². The van der Waals surface area contributed by atoms with E-state index in [4.69, 9.17) is 23.7 Å². The second-order valence-corrected chi connectivity index (χ2v) is 10.5. The van der Waals surface area contributed by atoms with Crippen LogP contribution in [0.3, 0.4) is 0 Å². The van der Waals surface area contributed by atoms with Crippen LogP contribution in [0.15, 0.2) is 0 Å². The molecule has 37 heavy (non-hydrogen) atoms. The van der Waals surface area contributed by atoms with Crippen molar-refractivity contribution in [2.45, 2.75) is 52.4 Å². The second kappa shape index (κ2) is 21.1. The van der Waals surface area contributed by atoms with Crippen LogP contribution in [0.2, 0.25) is 0 Å². The van der Waals surface area contributed by atoms with Crippen LogP contribution < -0.4 is 0 Å². The van der Waals surface area contributed by atoms with Crippen molar-refractivity contribution >= 4 is 74.4 Å². The monoisotopic (exact) mass is 602 g/mol. The van der Waals surface area contributed by atoms with Gasteiger partial charge in [-0.3, -0.25) is 19.2 Å². The molecule has 0 N–H and O–H groups in total. The summed E-state index contributed by atoms with van der Waals surface area (Å²) in [7, 11) is 0. The Hall–Kier alpha value is -0.760. The van der Waals surface area contributed by atoms with Gasteiger partial charge in [-0.05, 0) is 12.8 Å². The number of thiol groups is 4. The summed E-state index contributed by atoms with van der Waals surface area (Å²) >= 11 is 16.2. The molecule has 0 saturated carbocycles. The SMILES string of the molecule is CCC(COCC(CC)(COC(=O)CCS)COC(=O)CCS)(COC(=O)CCS)COC(=O)CCS. The van der Waals surface area contributed by atoms with Gasteiger partial charge in [0.15, 0.2) is 0 Å². The van der Waals surface area contributed by atoms with E-state index in [-0.39, 0.29) is 65.3 Å². The smallest absolute Gasteiger partial charge is 0.306 e. The van der Waals surface area contributed by atoms with Crippen LogP contribution >= 0.6 is 50.5 Å². The summed E-state index contributed by atoms with van der Waals surface area (Å²) in [6, 6.07) is 0. The zero-order chi connectivity index (χ0) is 28.2. The molecule has 0 unspecified atom stereocenters. The molecule has 0 heterocycles. The van der Waals surface area contributed by atoms with Crippen molar-refractivity contribution in [1.82, 2.24) is 0 Å². The Morgan fingerprint density at radius 1 is 0.486 bits per heavy atom. The molecule has 0 fully saturated rings. The third kappa shape index (κ3) is 16.1. The maximum Gasteiger partial charge on any atom is 0.306 e. The largest absolute Gasteiger partial charge is 0.465 e. The molecule has 0 aromatic heterocycles. The van der Waals surface area contributed by atoms with Gasteiger partial charge in [-0.15, -0.1) is 0 Å². The Balaban J connectivity index is 5.55. The molecule has 0 saturated heterocycles. The molecular weight excluding hydrogens is 561 g/mol. The highest BCUT2D eigenvalue weighted by atomic mass is 32.1. The average molecular weight is 603 g/mol. The zero-order valence-corrected chi connectivity index (χ0v) is 25.4. The Morgan fingerprint density at radius 2 is 0.730 bits per heavy atom. The first-order chi connectivity index (χ1) is 17.6. The number of rotatable bonds is 22. The van der Waals surface area contributed by atoms with Crippen LogP contribution in [0, 0.1) is 10.8 Å². The third-order valence-corrected chi connectivity index (χ3v) is 6.63. The van der Waals surface area contributed by atoms with E-state index >= 15 is 0 Å². The second-order valence-electron chi connectivity index (χ2n) is 8.74. The van der Waals surface area contributed by atoms with E-state index < -0.39 is 34.7 Å². The molecule has 0 aliphatic carbocycles. The van der Waals surface area contributed by atoms with Gasteiger partial charge in [0, 0.05) is 23.0 Å². The van der Waals surface area contributed by atoms with Crippen molar-refractivity contribution in [2.75, 3.05) is 62.7 Å². The van der Waals surface area contributed by atoms with Crippen molar-refractivity contribution in [3.8, 4) is 0 Å². The summed E-state index contributed by atoms with van der Waals surface area (Å²) in [5, 5.41) is 0. The molecule has 0 radical (unpaired) electrons. The molecule has 0 atom stereocenters. The van der Waals surface area contributed by atoms with Gasteiger partial charge in [0.2, 0.25) is 0 Å². The standard InChI is InChI=1S/C24H42O9S4/c1-3-23(15-30-19(25)5-9-34,16-31-20(26)6-10-35)13-29-14-24(4-2,17-32-21(27)7-11-36)18-33-22(28)8-12-37/h34-37H,3-18H2,1-2H3. The first-order valence-electron chi connectivity index (χ1n) is 12.3. The van der Waals surface area contributed by atoms with Crippen LogP contribution in [-0.4, -0.2) is 86.5 Å². The number of esters is 4. The summed E-state index contributed by atoms with van der Waals surface area (Å²) < 4.78 is 27.8. The van der Waals surface area contributed by atoms with E-state index in [1.807, 2.05) is 13.8 Å². The fourth-order valence-corrected chi connectivity index (χ4v) is 3.66. The number of hydrogen-bond donors (Lipinski definition) is 4. The van der Waals surface area contributed by atoms with Crippen molar-refractivity contribution in [1.29, 1.82) is 0 Å². The Labute approximate surface area is 242 Å². The highest BCUT2D eigenvalue weighted by Gasteiger charge is 2.37. The lowest BCUT2D eigenvalue weighted by Crippen LogP contribution is -2.42. The highest BCUT2D eigenvalue weighted by molar-refractivity contribution is 7.80. The summed E-state index contributed by atoms with van der Waals surface area (Å²) in [5.74, 6) is -0.252. The predicted octanol–water partition coefficient (Wildman–Crippen LogP) is 3.25. The lowest BCUT2D eigenvalue weighted by Gasteiger charge is -2.35. The van der Waals surface area contributed by atoms with Gasteiger partial charge >= 0.3 is 23.9 Å². The summed E-state index contributed by atoms with van der Waals surface area (Å²) in [6.45, 7) is 3.87. The minimum Gasteiger partial charge on any atom is -0.465 e. The van der Waals surface area contributed by atoms with Gasteiger partial charge in [0.25, 0.3) is 0 Å². The van der Waals surface area contributed by atoms with Gasteiger partial charge < -0.3 is 23.7 Å². The van der Waals surface area contributed by atoms with Crippen molar-refractivity contribution in [2.24, 2.45) is 10.8 Å². The molecule has 0 aromatic rings. The molecule has 216 valence electrons. The van der Waals surface area contributed by atoms with Gasteiger partial charge in [-0.1, -0.05) is 13.8 Å². The normalized spacial score (nSPS) is 11.6. The van der Waals surface area contributed by atoms with Gasteiger partial charge in [0.05, 0.1) is 49.7 Å². The molecule has 0 aliphatic heterocycles. The average Bonchev–Trinajstić information content (AvgIpc) is 2.87. The number of carbonyl (C=O) groups excluding carboxylic acids is 4. The number of ether oxygens (including phenoxy) is 5. The molecular formula is C24H42O9S4. The van der Waals surface area contributed by atoms with Crippen LogP contribution in [0.4, 0.5) is 0 Å². The maximum atomic E-state index is 12.0. The quantitative estimate of drug-likeness (QED) is 0.0843. The minimum absolute atomic E-state index is 0.0166. The van der Waals surface area contributed by atoms with E-state index in [9.17, 15) is 19.2 Å². The van der Waals surface area contributed by atoms with Crippen LogP contribution in [0.5, 0.6) is 0 Å². The van der Waals surface area contributed by atoms with Crippen LogP contribution in [-0.2, 0) is 42.9 Å². The van der Waals surface area contributed by atoms with Crippen molar-refractivity contribution in [3.63, 3.8) is 0 Å². The van der Waals surface area contributed by atoms with Crippen molar-refractivity contribution < 1.29 is 42.9 Å². The lowest BCUT2D eigenvalue weighted by atomic mass is 9.86. The summed E-state index contributed by atoms with van der Waals surface area (Å²) in [6.07, 6.45) is 1.58. The van der Waals surface area contributed by atoms with Crippen molar-refractivity contribution in [3.05, 3.63) is 0 Å². The van der Waals surface area contributed by atoms with E-state index in [0.29, 0.717) is 35.9 Å². The molecule has 0 rings (SSSR count). The maximum absolute atomic E-state index is 12.0. The molecule has 0 bridgehead atoms. The van der Waals surface area contributed by atoms with E-state index in [0.717, 1.165) is 0 Å². The summed E-state index contributed by atoms with van der Waals surface area (Å²) in [5.41, 5.74) is -1.60. The first-order valence-corrected chi connectivity index (χ1v) is 14.8. The first kappa shape index (κ1) is 36.2. The van der Waals surface area contributed by atoms with Crippen LogP contribution in [0.25, 0.3) is 0 Å². The highest BCUT2D eigenvalue weighted by Crippen LogP contribution is 2.29. The Kier molecular flexibility index (Phi) is 20.7.